The minimum Gasteiger partial charge on any atom is -0.0619 e. The molecule has 0 amide bonds. The minimum absolute atomic E-state index is 0.457. The number of fused-ring (bicyclic) bond motifs is 19. The van der Waals surface area contributed by atoms with Gasteiger partial charge in [0.25, 0.3) is 0 Å². The maximum absolute atomic E-state index is 2.54. The first-order valence-corrected chi connectivity index (χ1v) is 20.8. The summed E-state index contributed by atoms with van der Waals surface area (Å²) < 4.78 is 0. The number of benzene rings is 11. The van der Waals surface area contributed by atoms with E-state index in [2.05, 4.69) is 206 Å². The van der Waals surface area contributed by atoms with E-state index in [0.717, 1.165) is 0 Å². The van der Waals surface area contributed by atoms with Crippen LogP contribution in [0.5, 0.6) is 0 Å². The minimum atomic E-state index is -0.457. The van der Waals surface area contributed by atoms with Gasteiger partial charge >= 0.3 is 0 Å². The molecule has 11 aromatic carbocycles. The summed E-state index contributed by atoms with van der Waals surface area (Å²) in [6.07, 6.45) is 0. The SMILES string of the molecule is c1cc(-c2ccc3cc4c(cc3c2)C2(c3ccccc3-c3ccccc32)c2c-4c3ccccc3c3ccccc23)cc(-c2ccc3c4c(cccc24)-c2ccccc2-3)c1. The summed E-state index contributed by atoms with van der Waals surface area (Å²) in [6.45, 7) is 0. The zero-order chi connectivity index (χ0) is 38.4. The van der Waals surface area contributed by atoms with Crippen LogP contribution in [0.4, 0.5) is 0 Å². The van der Waals surface area contributed by atoms with Crippen molar-refractivity contribution in [3.63, 3.8) is 0 Å². The largest absolute Gasteiger partial charge is 0.0731 e. The third-order valence-corrected chi connectivity index (χ3v) is 14.0. The van der Waals surface area contributed by atoms with Crippen LogP contribution in [0.3, 0.4) is 0 Å². The third kappa shape index (κ3) is 3.94. The summed E-state index contributed by atoms with van der Waals surface area (Å²) >= 11 is 0. The van der Waals surface area contributed by atoms with Gasteiger partial charge in [0.15, 0.2) is 0 Å². The quantitative estimate of drug-likeness (QED) is 0.155. The fraction of sp³-hybridized carbons (Fsp3) is 0.0169. The second-order valence-electron chi connectivity index (χ2n) is 16.7. The molecule has 0 aromatic heterocycles. The molecule has 3 aliphatic carbocycles. The Labute approximate surface area is 342 Å². The second-order valence-corrected chi connectivity index (χ2v) is 16.7. The Bertz CT molecular complexity index is 3600. The Balaban J connectivity index is 1.00. The molecule has 3 aliphatic rings. The van der Waals surface area contributed by atoms with Crippen LogP contribution in [0.25, 0.3) is 110 Å². The predicted molar refractivity (Wildman–Crippen MR) is 248 cm³/mol. The van der Waals surface area contributed by atoms with Gasteiger partial charge in [-0.25, -0.2) is 0 Å². The van der Waals surface area contributed by atoms with Crippen LogP contribution in [0, 0.1) is 0 Å². The van der Waals surface area contributed by atoms with E-state index in [1.165, 1.54) is 132 Å². The van der Waals surface area contributed by atoms with E-state index < -0.39 is 5.41 Å². The highest BCUT2D eigenvalue weighted by Crippen LogP contribution is 2.66. The Morgan fingerprint density at radius 1 is 0.254 bits per heavy atom. The molecule has 0 atom stereocenters. The van der Waals surface area contributed by atoms with E-state index in [-0.39, 0.29) is 0 Å². The molecule has 0 bridgehead atoms. The van der Waals surface area contributed by atoms with Crippen molar-refractivity contribution >= 4 is 43.1 Å². The molecular formula is C59H34. The van der Waals surface area contributed by atoms with Crippen molar-refractivity contribution in [1.29, 1.82) is 0 Å². The second kappa shape index (κ2) is 11.3. The van der Waals surface area contributed by atoms with Crippen LogP contribution in [0.2, 0.25) is 0 Å². The fourth-order valence-electron chi connectivity index (χ4n) is 11.7. The monoisotopic (exact) mass is 742 g/mol. The average molecular weight is 743 g/mol. The zero-order valence-corrected chi connectivity index (χ0v) is 32.1. The van der Waals surface area contributed by atoms with E-state index in [0.29, 0.717) is 0 Å². The van der Waals surface area contributed by atoms with Crippen LogP contribution in [0.1, 0.15) is 22.3 Å². The maximum Gasteiger partial charge on any atom is 0.0731 e. The Kier molecular flexibility index (Phi) is 6.05. The van der Waals surface area contributed by atoms with Crippen LogP contribution >= 0.6 is 0 Å². The van der Waals surface area contributed by atoms with Gasteiger partial charge in [-0.2, -0.15) is 0 Å². The normalized spacial score (nSPS) is 13.6. The van der Waals surface area contributed by atoms with Gasteiger partial charge in [-0.15, -0.1) is 0 Å². The molecule has 0 fully saturated rings. The van der Waals surface area contributed by atoms with Gasteiger partial charge in [-0.1, -0.05) is 182 Å². The van der Waals surface area contributed by atoms with Crippen molar-refractivity contribution in [2.45, 2.75) is 5.41 Å². The van der Waals surface area contributed by atoms with Gasteiger partial charge in [0.1, 0.15) is 0 Å². The lowest BCUT2D eigenvalue weighted by molar-refractivity contribution is 0.803. The average Bonchev–Trinajstić information content (AvgIpc) is 3.91. The number of rotatable bonds is 2. The zero-order valence-electron chi connectivity index (χ0n) is 32.1. The molecule has 0 unspecified atom stereocenters. The highest BCUT2D eigenvalue weighted by Gasteiger charge is 2.53. The molecule has 0 aliphatic heterocycles. The molecule has 0 nitrogen and oxygen atoms in total. The molecule has 0 saturated heterocycles. The van der Waals surface area contributed by atoms with E-state index >= 15 is 0 Å². The summed E-state index contributed by atoms with van der Waals surface area (Å²) in [4.78, 5) is 0. The highest BCUT2D eigenvalue weighted by atomic mass is 14.5. The summed E-state index contributed by atoms with van der Waals surface area (Å²) in [5.41, 5.74) is 20.7. The van der Waals surface area contributed by atoms with Crippen LogP contribution in [-0.2, 0) is 5.41 Å². The van der Waals surface area contributed by atoms with Gasteiger partial charge < -0.3 is 0 Å². The highest BCUT2D eigenvalue weighted by molar-refractivity contribution is 6.21. The lowest BCUT2D eigenvalue weighted by Gasteiger charge is -2.32. The molecule has 0 heteroatoms. The van der Waals surface area contributed by atoms with E-state index in [1.807, 2.05) is 0 Å². The maximum atomic E-state index is 2.54. The fourth-order valence-corrected chi connectivity index (χ4v) is 11.7. The van der Waals surface area contributed by atoms with E-state index in [4.69, 9.17) is 0 Å². The van der Waals surface area contributed by atoms with Crippen molar-refractivity contribution in [3.05, 3.63) is 229 Å². The first kappa shape index (κ1) is 31.5. The summed E-state index contributed by atoms with van der Waals surface area (Å²) in [5, 5.41) is 10.5. The lowest BCUT2D eigenvalue weighted by atomic mass is 9.69. The molecular weight excluding hydrogens is 709 g/mol. The van der Waals surface area contributed by atoms with Gasteiger partial charge in [0.05, 0.1) is 5.41 Å². The topological polar surface area (TPSA) is 0 Å². The number of hydrogen-bond donors (Lipinski definition) is 0. The molecule has 0 heterocycles. The van der Waals surface area contributed by atoms with Crippen molar-refractivity contribution in [2.24, 2.45) is 0 Å². The first-order valence-electron chi connectivity index (χ1n) is 20.8. The first-order chi connectivity index (χ1) is 29.3. The van der Waals surface area contributed by atoms with Gasteiger partial charge in [0.2, 0.25) is 0 Å². The summed E-state index contributed by atoms with van der Waals surface area (Å²) in [5.74, 6) is 0. The van der Waals surface area contributed by atoms with Gasteiger partial charge in [-0.3, -0.25) is 0 Å². The third-order valence-electron chi connectivity index (χ3n) is 14.0. The molecule has 270 valence electrons. The van der Waals surface area contributed by atoms with Crippen molar-refractivity contribution < 1.29 is 0 Å². The van der Waals surface area contributed by atoms with Gasteiger partial charge in [-0.05, 0) is 156 Å². The van der Waals surface area contributed by atoms with E-state index in [9.17, 15) is 0 Å². The smallest absolute Gasteiger partial charge is 0.0619 e. The lowest BCUT2D eigenvalue weighted by Crippen LogP contribution is -2.26. The van der Waals surface area contributed by atoms with Gasteiger partial charge in [0, 0.05) is 0 Å². The molecule has 0 radical (unpaired) electrons. The predicted octanol–water partition coefficient (Wildman–Crippen LogP) is 15.6. The van der Waals surface area contributed by atoms with Crippen molar-refractivity contribution in [3.8, 4) is 66.8 Å². The Morgan fingerprint density at radius 3 is 1.56 bits per heavy atom. The number of hydrogen-bond acceptors (Lipinski definition) is 0. The molecule has 59 heavy (non-hydrogen) atoms. The molecule has 11 aromatic rings. The van der Waals surface area contributed by atoms with Crippen molar-refractivity contribution in [1.82, 2.24) is 0 Å². The van der Waals surface area contributed by atoms with Crippen LogP contribution in [-0.4, -0.2) is 0 Å². The molecule has 0 saturated carbocycles. The summed E-state index contributed by atoms with van der Waals surface area (Å²) in [7, 11) is 0. The van der Waals surface area contributed by atoms with Crippen LogP contribution in [0.15, 0.2) is 206 Å². The van der Waals surface area contributed by atoms with E-state index in [1.54, 1.807) is 0 Å². The Morgan fingerprint density at radius 2 is 0.797 bits per heavy atom. The molecule has 1 spiro atoms. The van der Waals surface area contributed by atoms with Crippen LogP contribution < -0.4 is 0 Å². The van der Waals surface area contributed by atoms with Crippen molar-refractivity contribution in [2.75, 3.05) is 0 Å². The molecule has 0 N–H and O–H groups in total. The summed E-state index contributed by atoms with van der Waals surface area (Å²) in [6, 6.07) is 78.0. The Hall–Kier alpha value is -7.54. The standard InChI is InChI=1S/C59H34/c1-2-16-42-41(15-1)48-24-12-23-47-40(29-30-50(42)56(47)48)38-14-11-13-35(31-38)36-27-28-37-33-52-55(34-39(37)32-36)59(53-25-9-7-19-45(53)46-20-8-10-26-54(46)59)58-51-22-6-4-18-44(51)43-17-3-5-21-49(43)57(52)58/h1-34H. The molecule has 14 rings (SSSR count).